The maximum atomic E-state index is 13.2. The zero-order chi connectivity index (χ0) is 26.8. The van der Waals surface area contributed by atoms with E-state index in [4.69, 9.17) is 5.11 Å². The molecular weight excluding hydrogens is 507 g/mol. The fraction of sp³-hybridized carbons (Fsp3) is 0.304. The quantitative estimate of drug-likeness (QED) is 0.0868. The molecule has 198 valence electrons. The largest absolute Gasteiger partial charge is 0.394 e. The summed E-state index contributed by atoms with van der Waals surface area (Å²) in [5.74, 6) is -0.453. The molecule has 1 aromatic heterocycles. The molecule has 1 amide bonds. The third-order valence-corrected chi connectivity index (χ3v) is 5.97. The third-order valence-electron chi connectivity index (χ3n) is 5.04. The maximum Gasteiger partial charge on any atom is 0.250 e. The summed E-state index contributed by atoms with van der Waals surface area (Å²) in [5.41, 5.74) is 3.65. The number of thioether (sulfide) groups is 1. The first kappa shape index (κ1) is 28.2. The Balaban J connectivity index is 1.61. The van der Waals surface area contributed by atoms with E-state index in [0.29, 0.717) is 16.7 Å². The molecule has 14 heteroatoms. The van der Waals surface area contributed by atoms with Crippen LogP contribution in [0.5, 0.6) is 0 Å². The van der Waals surface area contributed by atoms with Gasteiger partial charge in [0.05, 0.1) is 25.1 Å². The molecule has 0 aliphatic carbocycles. The third kappa shape index (κ3) is 8.04. The SMILES string of the molecule is O=C(CSc1nnc(CNc2ccc(F)cc2)n1-c1ccccc1)NN=CC(O)C(O)C(O)C(O)CO. The molecule has 0 aliphatic heterocycles. The van der Waals surface area contributed by atoms with Crippen molar-refractivity contribution < 1.29 is 34.7 Å². The molecule has 2 aromatic carbocycles. The Hall–Kier alpha value is -3.40. The predicted molar refractivity (Wildman–Crippen MR) is 134 cm³/mol. The highest BCUT2D eigenvalue weighted by Crippen LogP contribution is 2.22. The highest BCUT2D eigenvalue weighted by atomic mass is 32.2. The van der Waals surface area contributed by atoms with Gasteiger partial charge in [-0.05, 0) is 36.4 Å². The molecule has 0 bridgehead atoms. The lowest BCUT2D eigenvalue weighted by molar-refractivity contribution is -0.118. The second-order valence-corrected chi connectivity index (χ2v) is 8.70. The van der Waals surface area contributed by atoms with Crippen LogP contribution in [0.1, 0.15) is 5.82 Å². The first-order chi connectivity index (χ1) is 17.8. The van der Waals surface area contributed by atoms with E-state index in [1.165, 1.54) is 12.1 Å². The second-order valence-electron chi connectivity index (χ2n) is 7.75. The van der Waals surface area contributed by atoms with Crippen molar-refractivity contribution in [2.75, 3.05) is 17.7 Å². The van der Waals surface area contributed by atoms with E-state index < -0.39 is 36.9 Å². The number of aromatic nitrogens is 3. The van der Waals surface area contributed by atoms with Crippen LogP contribution in [-0.2, 0) is 11.3 Å². The molecule has 0 spiro atoms. The molecule has 0 aliphatic rings. The van der Waals surface area contributed by atoms with Gasteiger partial charge in [0.15, 0.2) is 11.0 Å². The van der Waals surface area contributed by atoms with Gasteiger partial charge >= 0.3 is 0 Å². The highest BCUT2D eigenvalue weighted by molar-refractivity contribution is 7.99. The fourth-order valence-corrected chi connectivity index (χ4v) is 3.83. The lowest BCUT2D eigenvalue weighted by Crippen LogP contribution is -2.46. The lowest BCUT2D eigenvalue weighted by atomic mass is 10.0. The number of hydrogen-bond donors (Lipinski definition) is 7. The van der Waals surface area contributed by atoms with E-state index in [0.717, 1.165) is 23.7 Å². The van der Waals surface area contributed by atoms with Gasteiger partial charge in [-0.25, -0.2) is 9.82 Å². The van der Waals surface area contributed by atoms with Gasteiger partial charge in [-0.1, -0.05) is 30.0 Å². The second kappa shape index (κ2) is 13.8. The summed E-state index contributed by atoms with van der Waals surface area (Å²) in [4.78, 5) is 12.2. The predicted octanol–water partition coefficient (Wildman–Crippen LogP) is -0.352. The summed E-state index contributed by atoms with van der Waals surface area (Å²) in [7, 11) is 0. The number of benzene rings is 2. The van der Waals surface area contributed by atoms with Crippen molar-refractivity contribution in [2.24, 2.45) is 5.10 Å². The van der Waals surface area contributed by atoms with Crippen molar-refractivity contribution in [1.82, 2.24) is 20.2 Å². The monoisotopic (exact) mass is 534 g/mol. The van der Waals surface area contributed by atoms with Crippen molar-refractivity contribution in [3.8, 4) is 5.69 Å². The number of hydrazone groups is 1. The van der Waals surface area contributed by atoms with Crippen LogP contribution in [0.2, 0.25) is 0 Å². The van der Waals surface area contributed by atoms with E-state index in [1.807, 2.05) is 30.3 Å². The Kier molecular flexibility index (Phi) is 10.5. The molecule has 3 aromatic rings. The number of carbonyl (C=O) groups excluding carboxylic acids is 1. The molecule has 4 atom stereocenters. The van der Waals surface area contributed by atoms with E-state index in [2.05, 4.69) is 26.0 Å². The van der Waals surface area contributed by atoms with Gasteiger partial charge in [0.2, 0.25) is 0 Å². The lowest BCUT2D eigenvalue weighted by Gasteiger charge is -2.23. The average molecular weight is 535 g/mol. The van der Waals surface area contributed by atoms with Crippen LogP contribution in [-0.4, -0.2) is 89.2 Å². The number of aliphatic hydroxyl groups excluding tert-OH is 5. The summed E-state index contributed by atoms with van der Waals surface area (Å²) in [6.45, 7) is -0.532. The van der Waals surface area contributed by atoms with Crippen LogP contribution in [0.3, 0.4) is 0 Å². The maximum absolute atomic E-state index is 13.2. The molecule has 0 saturated heterocycles. The highest BCUT2D eigenvalue weighted by Gasteiger charge is 2.29. The Morgan fingerprint density at radius 2 is 1.76 bits per heavy atom. The average Bonchev–Trinajstić information content (AvgIpc) is 3.33. The molecule has 3 rings (SSSR count). The number of aliphatic hydroxyl groups is 5. The van der Waals surface area contributed by atoms with E-state index in [-0.39, 0.29) is 18.1 Å². The van der Waals surface area contributed by atoms with Crippen LogP contribution < -0.4 is 10.7 Å². The van der Waals surface area contributed by atoms with Crippen LogP contribution in [0.4, 0.5) is 10.1 Å². The van der Waals surface area contributed by atoms with Gasteiger partial charge in [-0.3, -0.25) is 9.36 Å². The number of amides is 1. The molecule has 1 heterocycles. The number of rotatable bonds is 13. The van der Waals surface area contributed by atoms with E-state index in [9.17, 15) is 29.6 Å². The molecule has 0 radical (unpaired) electrons. The summed E-state index contributed by atoms with van der Waals surface area (Å²) >= 11 is 1.08. The summed E-state index contributed by atoms with van der Waals surface area (Å²) in [5, 5.41) is 62.8. The van der Waals surface area contributed by atoms with Gasteiger partial charge in [0, 0.05) is 11.4 Å². The molecular formula is C23H27FN6O6S. The van der Waals surface area contributed by atoms with Gasteiger partial charge < -0.3 is 30.8 Å². The number of hydrogen-bond acceptors (Lipinski definition) is 11. The summed E-state index contributed by atoms with van der Waals surface area (Å²) < 4.78 is 14.9. The Labute approximate surface area is 215 Å². The minimum Gasteiger partial charge on any atom is -0.394 e. The van der Waals surface area contributed by atoms with Crippen LogP contribution >= 0.6 is 11.8 Å². The smallest absolute Gasteiger partial charge is 0.250 e. The summed E-state index contributed by atoms with van der Waals surface area (Å²) in [6.07, 6.45) is -6.22. The van der Waals surface area contributed by atoms with Crippen LogP contribution in [0.15, 0.2) is 64.9 Å². The topological polar surface area (TPSA) is 185 Å². The number of carbonyl (C=O) groups is 1. The number of anilines is 1. The molecule has 0 saturated carbocycles. The molecule has 4 unspecified atom stereocenters. The van der Waals surface area contributed by atoms with Gasteiger partial charge in [0.1, 0.15) is 30.2 Å². The van der Waals surface area contributed by atoms with Crippen molar-refractivity contribution in [1.29, 1.82) is 0 Å². The van der Waals surface area contributed by atoms with Crippen LogP contribution in [0.25, 0.3) is 5.69 Å². The Bertz CT molecular complexity index is 1170. The van der Waals surface area contributed by atoms with Gasteiger partial charge in [-0.15, -0.1) is 10.2 Å². The van der Waals surface area contributed by atoms with Gasteiger partial charge in [0.25, 0.3) is 5.91 Å². The summed E-state index contributed by atoms with van der Waals surface area (Å²) in [6, 6.07) is 15.1. The van der Waals surface area contributed by atoms with Crippen LogP contribution in [0, 0.1) is 5.82 Å². The number of nitrogens with zero attached hydrogens (tertiary/aromatic N) is 4. The minimum absolute atomic E-state index is 0.113. The normalized spacial score (nSPS) is 14.8. The molecule has 7 N–H and O–H groups in total. The first-order valence-corrected chi connectivity index (χ1v) is 12.1. The number of nitrogens with one attached hydrogen (secondary N) is 2. The molecule has 12 nitrogen and oxygen atoms in total. The zero-order valence-electron chi connectivity index (χ0n) is 19.4. The van der Waals surface area contributed by atoms with E-state index >= 15 is 0 Å². The fourth-order valence-electron chi connectivity index (χ4n) is 3.07. The first-order valence-electron chi connectivity index (χ1n) is 11.1. The molecule has 37 heavy (non-hydrogen) atoms. The van der Waals surface area contributed by atoms with Crippen molar-refractivity contribution in [3.63, 3.8) is 0 Å². The number of halogens is 1. The molecule has 0 fully saturated rings. The Morgan fingerprint density at radius 1 is 1.05 bits per heavy atom. The standard InChI is InChI=1S/C23H27FN6O6S/c24-14-6-8-15(9-7-14)25-11-19-27-29-23(30(19)16-4-2-1-3-5-16)37-13-20(34)28-26-10-17(32)21(35)22(36)18(33)12-31/h1-10,17-18,21-22,25,31-33,35-36H,11-13H2,(H,28,34). The Morgan fingerprint density at radius 3 is 2.43 bits per heavy atom. The van der Waals surface area contributed by atoms with Crippen molar-refractivity contribution in [2.45, 2.75) is 36.1 Å². The van der Waals surface area contributed by atoms with Crippen molar-refractivity contribution in [3.05, 3.63) is 66.2 Å². The number of para-hydroxylation sites is 1. The van der Waals surface area contributed by atoms with E-state index in [1.54, 1.807) is 16.7 Å². The minimum atomic E-state index is -1.83. The van der Waals surface area contributed by atoms with Crippen molar-refractivity contribution >= 4 is 29.6 Å². The zero-order valence-corrected chi connectivity index (χ0v) is 20.2. The van der Waals surface area contributed by atoms with Gasteiger partial charge in [-0.2, -0.15) is 5.10 Å².